The standard InChI is InChI=1S/C20H23N3O6/c1-5-28-18-9-7-6-8-16(18)21-19(24)13(2)29-20(25)15-12-14(23(26)27)10-11-17(15)22(3)4/h6-13H,5H2,1-4H3,(H,21,24)/t13-/m1/s1. The van der Waals surface area contributed by atoms with Crippen LogP contribution in [0.3, 0.4) is 0 Å². The third kappa shape index (κ3) is 5.44. The largest absolute Gasteiger partial charge is 0.492 e. The third-order valence-electron chi connectivity index (χ3n) is 3.99. The molecule has 2 aromatic carbocycles. The van der Waals surface area contributed by atoms with Gasteiger partial charge in [-0.15, -0.1) is 0 Å². The van der Waals surface area contributed by atoms with Gasteiger partial charge in [-0.2, -0.15) is 0 Å². The number of nitrogens with zero attached hydrogens (tertiary/aromatic N) is 2. The van der Waals surface area contributed by atoms with Crippen molar-refractivity contribution in [3.8, 4) is 5.75 Å². The first-order valence-electron chi connectivity index (χ1n) is 8.94. The van der Waals surface area contributed by atoms with E-state index in [1.54, 1.807) is 43.3 Å². The van der Waals surface area contributed by atoms with Gasteiger partial charge in [0.2, 0.25) is 0 Å². The Morgan fingerprint density at radius 2 is 1.90 bits per heavy atom. The lowest BCUT2D eigenvalue weighted by Gasteiger charge is -2.19. The SMILES string of the molecule is CCOc1ccccc1NC(=O)[C@@H](C)OC(=O)c1cc([N+](=O)[O-])ccc1N(C)C. The summed E-state index contributed by atoms with van der Waals surface area (Å²) in [5.74, 6) is -0.893. The van der Waals surface area contributed by atoms with Crippen molar-refractivity contribution in [2.24, 2.45) is 0 Å². The van der Waals surface area contributed by atoms with Crippen LogP contribution in [0.2, 0.25) is 0 Å². The molecule has 0 heterocycles. The van der Waals surface area contributed by atoms with Gasteiger partial charge in [0.15, 0.2) is 6.10 Å². The van der Waals surface area contributed by atoms with E-state index in [1.807, 2.05) is 6.92 Å². The van der Waals surface area contributed by atoms with Crippen LogP contribution in [0.5, 0.6) is 5.75 Å². The Kier molecular flexibility index (Phi) is 7.13. The summed E-state index contributed by atoms with van der Waals surface area (Å²) >= 11 is 0. The van der Waals surface area contributed by atoms with Gasteiger partial charge < -0.3 is 19.7 Å². The maximum atomic E-state index is 12.6. The first-order valence-corrected chi connectivity index (χ1v) is 8.94. The van der Waals surface area contributed by atoms with E-state index >= 15 is 0 Å². The number of esters is 1. The quantitative estimate of drug-likeness (QED) is 0.411. The molecule has 0 fully saturated rings. The number of rotatable bonds is 8. The average Bonchev–Trinajstić information content (AvgIpc) is 2.68. The summed E-state index contributed by atoms with van der Waals surface area (Å²) in [5, 5.41) is 13.7. The second kappa shape index (κ2) is 9.54. The molecular weight excluding hydrogens is 378 g/mol. The van der Waals surface area contributed by atoms with E-state index in [0.29, 0.717) is 23.7 Å². The van der Waals surface area contributed by atoms with Gasteiger partial charge in [0, 0.05) is 26.2 Å². The Bertz CT molecular complexity index is 913. The molecule has 1 atom stereocenters. The van der Waals surface area contributed by atoms with Crippen molar-refractivity contribution < 1.29 is 24.0 Å². The highest BCUT2D eigenvalue weighted by Crippen LogP contribution is 2.26. The van der Waals surface area contributed by atoms with Crippen LogP contribution >= 0.6 is 0 Å². The number of anilines is 2. The predicted octanol–water partition coefficient (Wildman–Crippen LogP) is 3.24. The summed E-state index contributed by atoms with van der Waals surface area (Å²) in [4.78, 5) is 37.1. The van der Waals surface area contributed by atoms with E-state index in [-0.39, 0.29) is 11.3 Å². The van der Waals surface area contributed by atoms with Crippen LogP contribution in [0.4, 0.5) is 17.1 Å². The Hall–Kier alpha value is -3.62. The molecule has 154 valence electrons. The van der Waals surface area contributed by atoms with Crippen molar-refractivity contribution in [1.29, 1.82) is 0 Å². The smallest absolute Gasteiger partial charge is 0.341 e. The zero-order valence-electron chi connectivity index (χ0n) is 16.7. The molecule has 1 N–H and O–H groups in total. The maximum absolute atomic E-state index is 12.6. The van der Waals surface area contributed by atoms with Gasteiger partial charge in [0.1, 0.15) is 5.75 Å². The van der Waals surface area contributed by atoms with Crippen molar-refractivity contribution in [3.05, 3.63) is 58.1 Å². The highest BCUT2D eigenvalue weighted by Gasteiger charge is 2.24. The molecule has 9 heteroatoms. The maximum Gasteiger partial charge on any atom is 0.341 e. The molecule has 0 aromatic heterocycles. The number of hydrogen-bond donors (Lipinski definition) is 1. The van der Waals surface area contributed by atoms with Crippen LogP contribution in [-0.4, -0.2) is 43.6 Å². The molecule has 0 radical (unpaired) electrons. The minimum absolute atomic E-state index is 0.00133. The first kappa shape index (κ1) is 21.7. The van der Waals surface area contributed by atoms with Crippen LogP contribution in [-0.2, 0) is 9.53 Å². The van der Waals surface area contributed by atoms with Crippen LogP contribution < -0.4 is 15.0 Å². The number of nitrogens with one attached hydrogen (secondary N) is 1. The van der Waals surface area contributed by atoms with Crippen molar-refractivity contribution in [1.82, 2.24) is 0 Å². The summed E-state index contributed by atoms with van der Waals surface area (Å²) in [6.45, 7) is 3.67. The molecule has 0 saturated heterocycles. The van der Waals surface area contributed by atoms with Crippen molar-refractivity contribution in [3.63, 3.8) is 0 Å². The fourth-order valence-corrected chi connectivity index (χ4v) is 2.55. The van der Waals surface area contributed by atoms with Gasteiger partial charge >= 0.3 is 5.97 Å². The first-order chi connectivity index (χ1) is 13.7. The second-order valence-corrected chi connectivity index (χ2v) is 6.32. The van der Waals surface area contributed by atoms with Crippen LogP contribution in [0.1, 0.15) is 24.2 Å². The lowest BCUT2D eigenvalue weighted by atomic mass is 10.1. The summed E-state index contributed by atoms with van der Waals surface area (Å²) in [7, 11) is 3.39. The van der Waals surface area contributed by atoms with Crippen molar-refractivity contribution in [2.75, 3.05) is 30.9 Å². The van der Waals surface area contributed by atoms with Crippen molar-refractivity contribution in [2.45, 2.75) is 20.0 Å². The summed E-state index contributed by atoms with van der Waals surface area (Å²) in [6, 6.07) is 10.8. The minimum atomic E-state index is -1.13. The monoisotopic (exact) mass is 401 g/mol. The minimum Gasteiger partial charge on any atom is -0.492 e. The van der Waals surface area contributed by atoms with Crippen LogP contribution in [0.25, 0.3) is 0 Å². The molecule has 0 saturated carbocycles. The van der Waals surface area contributed by atoms with Gasteiger partial charge in [-0.25, -0.2) is 4.79 Å². The van der Waals surface area contributed by atoms with Crippen LogP contribution in [0.15, 0.2) is 42.5 Å². The summed E-state index contributed by atoms with van der Waals surface area (Å²) in [6.07, 6.45) is -1.13. The topological polar surface area (TPSA) is 111 Å². The molecular formula is C20H23N3O6. The highest BCUT2D eigenvalue weighted by atomic mass is 16.6. The zero-order valence-corrected chi connectivity index (χ0v) is 16.7. The average molecular weight is 401 g/mol. The Morgan fingerprint density at radius 3 is 2.52 bits per heavy atom. The molecule has 0 bridgehead atoms. The van der Waals surface area contributed by atoms with Gasteiger partial charge in [-0.1, -0.05) is 12.1 Å². The van der Waals surface area contributed by atoms with E-state index in [1.165, 1.54) is 19.1 Å². The molecule has 0 aliphatic carbocycles. The number of nitro groups is 1. The number of hydrogen-bond acceptors (Lipinski definition) is 7. The molecule has 29 heavy (non-hydrogen) atoms. The lowest BCUT2D eigenvalue weighted by molar-refractivity contribution is -0.384. The molecule has 0 aliphatic rings. The number of benzene rings is 2. The summed E-state index contributed by atoms with van der Waals surface area (Å²) < 4.78 is 10.7. The number of carbonyl (C=O) groups excluding carboxylic acids is 2. The molecule has 9 nitrogen and oxygen atoms in total. The fraction of sp³-hybridized carbons (Fsp3) is 0.300. The van der Waals surface area contributed by atoms with E-state index in [4.69, 9.17) is 9.47 Å². The van der Waals surface area contributed by atoms with Gasteiger partial charge in [0.25, 0.3) is 11.6 Å². The van der Waals surface area contributed by atoms with Gasteiger partial charge in [0.05, 0.1) is 28.5 Å². The number of nitro benzene ring substituents is 1. The number of carbonyl (C=O) groups is 2. The second-order valence-electron chi connectivity index (χ2n) is 6.32. The molecule has 0 unspecified atom stereocenters. The zero-order chi connectivity index (χ0) is 21.6. The van der Waals surface area contributed by atoms with E-state index in [0.717, 1.165) is 6.07 Å². The van der Waals surface area contributed by atoms with E-state index in [2.05, 4.69) is 5.32 Å². The molecule has 1 amide bonds. The van der Waals surface area contributed by atoms with Crippen molar-refractivity contribution >= 4 is 28.9 Å². The number of para-hydroxylation sites is 2. The van der Waals surface area contributed by atoms with Gasteiger partial charge in [-0.3, -0.25) is 14.9 Å². The molecule has 2 rings (SSSR count). The lowest BCUT2D eigenvalue weighted by Crippen LogP contribution is -2.30. The summed E-state index contributed by atoms with van der Waals surface area (Å²) in [5.41, 5.74) is 0.644. The van der Waals surface area contributed by atoms with E-state index < -0.39 is 22.9 Å². The van der Waals surface area contributed by atoms with E-state index in [9.17, 15) is 19.7 Å². The fourth-order valence-electron chi connectivity index (χ4n) is 2.55. The number of amides is 1. The Morgan fingerprint density at radius 1 is 1.21 bits per heavy atom. The molecule has 2 aromatic rings. The molecule has 0 aliphatic heterocycles. The predicted molar refractivity (Wildman–Crippen MR) is 109 cm³/mol. The normalized spacial score (nSPS) is 11.3. The number of ether oxygens (including phenoxy) is 2. The molecule has 0 spiro atoms. The Balaban J connectivity index is 2.17. The Labute approximate surface area is 168 Å². The van der Waals surface area contributed by atoms with Gasteiger partial charge in [-0.05, 0) is 32.0 Å². The van der Waals surface area contributed by atoms with Crippen LogP contribution in [0, 0.1) is 10.1 Å². The third-order valence-corrected chi connectivity index (χ3v) is 3.99. The number of non-ortho nitro benzene ring substituents is 1. The highest BCUT2D eigenvalue weighted by molar-refractivity contribution is 6.00.